The van der Waals surface area contributed by atoms with Crippen LogP contribution in [0.1, 0.15) is 21.6 Å². The van der Waals surface area contributed by atoms with Crippen LogP contribution in [0, 0.1) is 6.92 Å². The Morgan fingerprint density at radius 2 is 1.70 bits per heavy atom. The van der Waals surface area contributed by atoms with Crippen molar-refractivity contribution in [1.29, 1.82) is 0 Å². The SMILES string of the molecule is COCOc1ccc(OCc2ccccc2C(=O)Nc2ccc3nc(C)cc(N)c3c2)cc1. The zero-order valence-corrected chi connectivity index (χ0v) is 18.5. The Balaban J connectivity index is 1.46. The Hall–Kier alpha value is -4.10. The van der Waals surface area contributed by atoms with Gasteiger partial charge in [-0.05, 0) is 61.5 Å². The van der Waals surface area contributed by atoms with Gasteiger partial charge in [-0.1, -0.05) is 18.2 Å². The van der Waals surface area contributed by atoms with Crippen LogP contribution >= 0.6 is 0 Å². The molecule has 33 heavy (non-hydrogen) atoms. The average Bonchev–Trinajstić information content (AvgIpc) is 2.82. The quantitative estimate of drug-likeness (QED) is 0.375. The van der Waals surface area contributed by atoms with Crippen molar-refractivity contribution in [2.24, 2.45) is 0 Å². The normalized spacial score (nSPS) is 10.7. The molecule has 1 aromatic heterocycles. The van der Waals surface area contributed by atoms with Crippen LogP contribution in [-0.4, -0.2) is 24.8 Å². The predicted octanol–water partition coefficient (Wildman–Crippen LogP) is 4.94. The Morgan fingerprint density at radius 3 is 2.45 bits per heavy atom. The predicted molar refractivity (Wildman–Crippen MR) is 129 cm³/mol. The number of nitrogen functional groups attached to an aromatic ring is 1. The van der Waals surface area contributed by atoms with Gasteiger partial charge in [-0.15, -0.1) is 0 Å². The van der Waals surface area contributed by atoms with Crippen LogP contribution in [-0.2, 0) is 11.3 Å². The first-order chi connectivity index (χ1) is 16.0. The fourth-order valence-electron chi connectivity index (χ4n) is 3.45. The van der Waals surface area contributed by atoms with Crippen molar-refractivity contribution >= 4 is 28.2 Å². The van der Waals surface area contributed by atoms with Gasteiger partial charge in [0.1, 0.15) is 18.1 Å². The van der Waals surface area contributed by atoms with E-state index in [4.69, 9.17) is 19.9 Å². The molecule has 0 saturated carbocycles. The lowest BCUT2D eigenvalue weighted by atomic mass is 10.1. The van der Waals surface area contributed by atoms with Gasteiger partial charge in [-0.2, -0.15) is 0 Å². The number of nitrogens with one attached hydrogen (secondary N) is 1. The third kappa shape index (κ3) is 5.39. The van der Waals surface area contributed by atoms with Crippen LogP contribution in [0.2, 0.25) is 0 Å². The van der Waals surface area contributed by atoms with Crippen molar-refractivity contribution in [2.75, 3.05) is 25.0 Å². The summed E-state index contributed by atoms with van der Waals surface area (Å²) < 4.78 is 16.2. The number of pyridine rings is 1. The second kappa shape index (κ2) is 10.0. The molecule has 0 atom stereocenters. The first kappa shape index (κ1) is 22.1. The summed E-state index contributed by atoms with van der Waals surface area (Å²) in [4.78, 5) is 17.5. The number of nitrogens with two attached hydrogens (primary N) is 1. The maximum atomic E-state index is 13.0. The number of rotatable bonds is 8. The van der Waals surface area contributed by atoms with Gasteiger partial charge in [0.2, 0.25) is 0 Å². The highest BCUT2D eigenvalue weighted by molar-refractivity contribution is 6.06. The van der Waals surface area contributed by atoms with E-state index in [1.807, 2.05) is 61.5 Å². The minimum atomic E-state index is -0.226. The van der Waals surface area contributed by atoms with E-state index in [0.717, 1.165) is 22.2 Å². The summed E-state index contributed by atoms with van der Waals surface area (Å²) in [7, 11) is 1.57. The van der Waals surface area contributed by atoms with E-state index in [1.165, 1.54) is 0 Å². The van der Waals surface area contributed by atoms with E-state index in [2.05, 4.69) is 10.3 Å². The topological polar surface area (TPSA) is 95.7 Å². The van der Waals surface area contributed by atoms with E-state index in [1.54, 1.807) is 25.3 Å². The highest BCUT2D eigenvalue weighted by Gasteiger charge is 2.13. The number of carbonyl (C=O) groups is 1. The molecule has 1 heterocycles. The second-order valence-electron chi connectivity index (χ2n) is 7.51. The molecule has 0 bridgehead atoms. The van der Waals surface area contributed by atoms with E-state index >= 15 is 0 Å². The van der Waals surface area contributed by atoms with Crippen molar-refractivity contribution in [1.82, 2.24) is 4.98 Å². The van der Waals surface area contributed by atoms with Crippen molar-refractivity contribution in [2.45, 2.75) is 13.5 Å². The van der Waals surface area contributed by atoms with Gasteiger partial charge in [-0.3, -0.25) is 9.78 Å². The zero-order chi connectivity index (χ0) is 23.2. The molecule has 0 spiro atoms. The van der Waals surface area contributed by atoms with Crippen molar-refractivity contribution < 1.29 is 19.0 Å². The summed E-state index contributed by atoms with van der Waals surface area (Å²) in [6.45, 7) is 2.33. The van der Waals surface area contributed by atoms with Gasteiger partial charge in [0.05, 0.1) is 5.52 Å². The van der Waals surface area contributed by atoms with Gasteiger partial charge >= 0.3 is 0 Å². The zero-order valence-electron chi connectivity index (χ0n) is 18.5. The molecule has 0 aliphatic carbocycles. The molecule has 7 heteroatoms. The number of carbonyl (C=O) groups excluding carboxylic acids is 1. The van der Waals surface area contributed by atoms with Crippen LogP contribution in [0.3, 0.4) is 0 Å². The molecule has 3 aromatic carbocycles. The molecule has 7 nitrogen and oxygen atoms in total. The third-order valence-corrected chi connectivity index (χ3v) is 5.05. The summed E-state index contributed by atoms with van der Waals surface area (Å²) in [6, 6.07) is 21.9. The number of amides is 1. The van der Waals surface area contributed by atoms with Crippen LogP contribution in [0.25, 0.3) is 10.9 Å². The van der Waals surface area contributed by atoms with Crippen LogP contribution in [0.15, 0.2) is 72.8 Å². The average molecular weight is 444 g/mol. The molecular formula is C26H25N3O4. The fraction of sp³-hybridized carbons (Fsp3) is 0.154. The van der Waals surface area contributed by atoms with Gasteiger partial charge in [0, 0.05) is 40.7 Å². The van der Waals surface area contributed by atoms with Crippen LogP contribution in [0.5, 0.6) is 11.5 Å². The molecule has 3 N–H and O–H groups in total. The van der Waals surface area contributed by atoms with Gasteiger partial charge < -0.3 is 25.3 Å². The number of aromatic nitrogens is 1. The van der Waals surface area contributed by atoms with Crippen molar-refractivity contribution in [3.05, 3.63) is 89.6 Å². The lowest BCUT2D eigenvalue weighted by molar-refractivity contribution is 0.0511. The van der Waals surface area contributed by atoms with E-state index < -0.39 is 0 Å². The Bertz CT molecular complexity index is 1270. The molecule has 0 unspecified atom stereocenters. The standard InChI is InChI=1S/C26H25N3O4/c1-17-13-24(27)23-14-19(7-12-25(23)28-17)29-26(30)22-6-4-3-5-18(22)15-32-20-8-10-21(11-9-20)33-16-31-2/h3-14H,15-16H2,1-2H3,(H2,27,28)(H,29,30). The maximum absolute atomic E-state index is 13.0. The molecule has 1 amide bonds. The molecule has 4 rings (SSSR count). The summed E-state index contributed by atoms with van der Waals surface area (Å²) >= 11 is 0. The van der Waals surface area contributed by atoms with Crippen LogP contribution in [0.4, 0.5) is 11.4 Å². The minimum Gasteiger partial charge on any atom is -0.489 e. The number of hydrogen-bond donors (Lipinski definition) is 2. The largest absolute Gasteiger partial charge is 0.489 e. The Kier molecular flexibility index (Phi) is 6.71. The number of methoxy groups -OCH3 is 1. The van der Waals surface area contributed by atoms with Gasteiger partial charge in [-0.25, -0.2) is 0 Å². The highest BCUT2D eigenvalue weighted by atomic mass is 16.7. The molecule has 0 aliphatic rings. The first-order valence-corrected chi connectivity index (χ1v) is 10.4. The summed E-state index contributed by atoms with van der Waals surface area (Å²) in [5.74, 6) is 1.13. The summed E-state index contributed by atoms with van der Waals surface area (Å²) in [5.41, 5.74) is 10.4. The Morgan fingerprint density at radius 1 is 0.970 bits per heavy atom. The van der Waals surface area contributed by atoms with Gasteiger partial charge in [0.15, 0.2) is 6.79 Å². The number of benzene rings is 3. The van der Waals surface area contributed by atoms with Crippen LogP contribution < -0.4 is 20.5 Å². The number of fused-ring (bicyclic) bond motifs is 1. The monoisotopic (exact) mass is 443 g/mol. The number of hydrogen-bond acceptors (Lipinski definition) is 6. The molecular weight excluding hydrogens is 418 g/mol. The third-order valence-electron chi connectivity index (χ3n) is 5.05. The minimum absolute atomic E-state index is 0.183. The van der Waals surface area contributed by atoms with Gasteiger partial charge in [0.25, 0.3) is 5.91 Å². The number of anilines is 2. The maximum Gasteiger partial charge on any atom is 0.256 e. The fourth-order valence-corrected chi connectivity index (χ4v) is 3.45. The van der Waals surface area contributed by atoms with E-state index in [0.29, 0.717) is 28.4 Å². The molecule has 0 fully saturated rings. The van der Waals surface area contributed by atoms with Crippen molar-refractivity contribution in [3.8, 4) is 11.5 Å². The number of ether oxygens (including phenoxy) is 3. The smallest absolute Gasteiger partial charge is 0.256 e. The second-order valence-corrected chi connectivity index (χ2v) is 7.51. The lowest BCUT2D eigenvalue weighted by Crippen LogP contribution is -2.15. The molecule has 168 valence electrons. The molecule has 0 saturated heterocycles. The molecule has 0 aliphatic heterocycles. The van der Waals surface area contributed by atoms with E-state index in [-0.39, 0.29) is 19.3 Å². The summed E-state index contributed by atoms with van der Waals surface area (Å²) in [5, 5.41) is 3.75. The lowest BCUT2D eigenvalue weighted by Gasteiger charge is -2.13. The number of nitrogens with zero attached hydrogens (tertiary/aromatic N) is 1. The van der Waals surface area contributed by atoms with Crippen molar-refractivity contribution in [3.63, 3.8) is 0 Å². The molecule has 4 aromatic rings. The Labute approximate surface area is 192 Å². The summed E-state index contributed by atoms with van der Waals surface area (Å²) in [6.07, 6.45) is 0. The number of aryl methyl sites for hydroxylation is 1. The highest BCUT2D eigenvalue weighted by Crippen LogP contribution is 2.25. The van der Waals surface area contributed by atoms with E-state index in [9.17, 15) is 4.79 Å². The molecule has 0 radical (unpaired) electrons. The first-order valence-electron chi connectivity index (χ1n) is 10.4.